The summed E-state index contributed by atoms with van der Waals surface area (Å²) < 4.78 is 5.83. The first kappa shape index (κ1) is 21.8. The summed E-state index contributed by atoms with van der Waals surface area (Å²) >= 11 is 0. The number of nitrogens with zero attached hydrogens (tertiary/aromatic N) is 5. The SMILES string of the molecule is CC1=CC(Nc2cc(N3CCN(CC4CCCO4)CC3)nc(/C=C/c3ccccc3)n2)=NC1. The van der Waals surface area contributed by atoms with E-state index in [1.165, 1.54) is 18.4 Å². The summed E-state index contributed by atoms with van der Waals surface area (Å²) in [5.74, 6) is 3.28. The Labute approximate surface area is 195 Å². The summed E-state index contributed by atoms with van der Waals surface area (Å²) in [6.45, 7) is 8.74. The topological polar surface area (TPSA) is 65.9 Å². The normalized spacial score (nSPS) is 21.5. The van der Waals surface area contributed by atoms with Gasteiger partial charge in [-0.05, 0) is 43.1 Å². The maximum absolute atomic E-state index is 5.83. The first-order chi connectivity index (χ1) is 16.2. The zero-order valence-corrected chi connectivity index (χ0v) is 19.3. The molecular formula is C26H32N6O. The highest BCUT2D eigenvalue weighted by atomic mass is 16.5. The van der Waals surface area contributed by atoms with E-state index in [4.69, 9.17) is 14.7 Å². The standard InChI is InChI=1S/C26H32N6O/c1-20-16-24(27-18-20)29-25-17-26(30-23(28-25)10-9-21-6-3-2-4-7-21)32-13-11-31(12-14-32)19-22-8-5-15-33-22/h2-4,6-7,9-10,16-17,22H,5,8,11-15,18-19H2,1H3,(H,27,28,29,30)/b10-9+. The summed E-state index contributed by atoms with van der Waals surface area (Å²) in [7, 11) is 0. The van der Waals surface area contributed by atoms with Crippen LogP contribution in [0.4, 0.5) is 11.6 Å². The number of nitrogens with one attached hydrogen (secondary N) is 1. The average Bonchev–Trinajstić information content (AvgIpc) is 3.50. The van der Waals surface area contributed by atoms with Crippen molar-refractivity contribution in [1.82, 2.24) is 14.9 Å². The van der Waals surface area contributed by atoms with Crippen molar-refractivity contribution in [3.05, 3.63) is 59.4 Å². The number of rotatable bonds is 6. The molecule has 0 amide bonds. The summed E-state index contributed by atoms with van der Waals surface area (Å²) in [5, 5.41) is 3.38. The molecular weight excluding hydrogens is 412 g/mol. The molecule has 0 saturated carbocycles. The van der Waals surface area contributed by atoms with Crippen molar-refractivity contribution in [2.75, 3.05) is 56.1 Å². The lowest BCUT2D eigenvalue weighted by atomic mass is 10.2. The number of amidine groups is 1. The highest BCUT2D eigenvalue weighted by Gasteiger charge is 2.24. The van der Waals surface area contributed by atoms with E-state index in [0.29, 0.717) is 11.9 Å². The zero-order chi connectivity index (χ0) is 22.5. The molecule has 2 aromatic rings. The lowest BCUT2D eigenvalue weighted by Gasteiger charge is -2.36. The van der Waals surface area contributed by atoms with Gasteiger partial charge in [-0.2, -0.15) is 0 Å². The Morgan fingerprint density at radius 1 is 1.09 bits per heavy atom. The van der Waals surface area contributed by atoms with Gasteiger partial charge in [0.1, 0.15) is 17.5 Å². The second-order valence-corrected chi connectivity index (χ2v) is 8.95. The minimum atomic E-state index is 0.407. The van der Waals surface area contributed by atoms with E-state index in [1.54, 1.807) is 0 Å². The van der Waals surface area contributed by atoms with Gasteiger partial charge in [-0.25, -0.2) is 9.97 Å². The van der Waals surface area contributed by atoms with Gasteiger partial charge in [0.2, 0.25) is 0 Å². The van der Waals surface area contributed by atoms with Crippen LogP contribution in [0.5, 0.6) is 0 Å². The maximum atomic E-state index is 5.83. The summed E-state index contributed by atoms with van der Waals surface area (Å²) in [6, 6.07) is 12.3. The minimum Gasteiger partial charge on any atom is -0.377 e. The Bertz CT molecular complexity index is 1030. The van der Waals surface area contributed by atoms with Gasteiger partial charge >= 0.3 is 0 Å². The van der Waals surface area contributed by atoms with E-state index < -0.39 is 0 Å². The molecule has 7 heteroatoms. The van der Waals surface area contributed by atoms with Crippen LogP contribution in [-0.2, 0) is 4.74 Å². The molecule has 3 aliphatic rings. The Kier molecular flexibility index (Phi) is 6.79. The van der Waals surface area contributed by atoms with Crippen molar-refractivity contribution in [3.8, 4) is 0 Å². The predicted octanol–water partition coefficient (Wildman–Crippen LogP) is 3.72. The van der Waals surface area contributed by atoms with E-state index in [0.717, 1.165) is 68.9 Å². The number of ether oxygens (including phenoxy) is 1. The van der Waals surface area contributed by atoms with Gasteiger partial charge in [-0.15, -0.1) is 0 Å². The predicted molar refractivity (Wildman–Crippen MR) is 135 cm³/mol. The zero-order valence-electron chi connectivity index (χ0n) is 19.3. The van der Waals surface area contributed by atoms with Crippen molar-refractivity contribution >= 4 is 29.6 Å². The fourth-order valence-electron chi connectivity index (χ4n) is 4.47. The molecule has 1 aromatic carbocycles. The number of benzene rings is 1. The largest absolute Gasteiger partial charge is 0.377 e. The molecule has 0 spiro atoms. The summed E-state index contributed by atoms with van der Waals surface area (Å²) in [5.41, 5.74) is 2.38. The Morgan fingerprint density at radius 3 is 2.67 bits per heavy atom. The number of aliphatic imine (C=N–C) groups is 1. The Morgan fingerprint density at radius 2 is 1.94 bits per heavy atom. The van der Waals surface area contributed by atoms with Crippen molar-refractivity contribution in [2.24, 2.45) is 4.99 Å². The van der Waals surface area contributed by atoms with Crippen molar-refractivity contribution in [3.63, 3.8) is 0 Å². The number of aromatic nitrogens is 2. The van der Waals surface area contributed by atoms with Gasteiger partial charge < -0.3 is 15.0 Å². The number of piperazine rings is 1. The molecule has 0 bridgehead atoms. The monoisotopic (exact) mass is 444 g/mol. The molecule has 5 rings (SSSR count). The highest BCUT2D eigenvalue weighted by molar-refractivity contribution is 6.05. The van der Waals surface area contributed by atoms with Crippen LogP contribution in [0.25, 0.3) is 12.2 Å². The van der Waals surface area contributed by atoms with E-state index in [2.05, 4.69) is 51.3 Å². The quantitative estimate of drug-likeness (QED) is 0.733. The number of anilines is 2. The van der Waals surface area contributed by atoms with E-state index >= 15 is 0 Å². The molecule has 4 heterocycles. The lowest BCUT2D eigenvalue weighted by Crippen LogP contribution is -2.48. The fraction of sp³-hybridized carbons (Fsp3) is 0.423. The average molecular weight is 445 g/mol. The van der Waals surface area contributed by atoms with E-state index in [-0.39, 0.29) is 0 Å². The first-order valence-corrected chi connectivity index (χ1v) is 11.9. The molecule has 0 aliphatic carbocycles. The molecule has 2 fully saturated rings. The second kappa shape index (κ2) is 10.3. The van der Waals surface area contributed by atoms with Crippen molar-refractivity contribution in [2.45, 2.75) is 25.9 Å². The molecule has 3 aliphatic heterocycles. The van der Waals surface area contributed by atoms with Crippen LogP contribution in [0, 0.1) is 0 Å². The fourth-order valence-corrected chi connectivity index (χ4v) is 4.47. The van der Waals surface area contributed by atoms with Crippen molar-refractivity contribution < 1.29 is 4.74 Å². The van der Waals surface area contributed by atoms with Crippen molar-refractivity contribution in [1.29, 1.82) is 0 Å². The van der Waals surface area contributed by atoms with Gasteiger partial charge in [0.15, 0.2) is 5.82 Å². The van der Waals surface area contributed by atoms with Gasteiger partial charge in [-0.3, -0.25) is 9.89 Å². The third-order valence-corrected chi connectivity index (χ3v) is 6.27. The molecule has 172 valence electrons. The van der Waals surface area contributed by atoms with E-state index in [1.807, 2.05) is 30.3 Å². The van der Waals surface area contributed by atoms with Gasteiger partial charge in [0.05, 0.1) is 12.6 Å². The minimum absolute atomic E-state index is 0.407. The Hall–Kier alpha value is -3.03. The Balaban J connectivity index is 1.32. The van der Waals surface area contributed by atoms with Crippen LogP contribution in [0.15, 0.2) is 53.0 Å². The number of hydrogen-bond donors (Lipinski definition) is 1. The highest BCUT2D eigenvalue weighted by Crippen LogP contribution is 2.21. The second-order valence-electron chi connectivity index (χ2n) is 8.95. The number of hydrogen-bond acceptors (Lipinski definition) is 7. The molecule has 1 N–H and O–H groups in total. The van der Waals surface area contributed by atoms with Crippen LogP contribution < -0.4 is 10.2 Å². The molecule has 1 aromatic heterocycles. The van der Waals surface area contributed by atoms with Gasteiger partial charge in [-0.1, -0.05) is 36.4 Å². The maximum Gasteiger partial charge on any atom is 0.156 e. The van der Waals surface area contributed by atoms with Crippen LogP contribution in [0.2, 0.25) is 0 Å². The summed E-state index contributed by atoms with van der Waals surface area (Å²) in [4.78, 5) is 19.0. The third kappa shape index (κ3) is 5.86. The molecule has 1 atom stereocenters. The summed E-state index contributed by atoms with van der Waals surface area (Å²) in [6.07, 6.45) is 8.90. The lowest BCUT2D eigenvalue weighted by molar-refractivity contribution is 0.0712. The molecule has 2 saturated heterocycles. The first-order valence-electron chi connectivity index (χ1n) is 11.9. The van der Waals surface area contributed by atoms with Gasteiger partial charge in [0.25, 0.3) is 0 Å². The van der Waals surface area contributed by atoms with Crippen LogP contribution >= 0.6 is 0 Å². The van der Waals surface area contributed by atoms with Crippen LogP contribution in [-0.4, -0.2) is 72.7 Å². The molecule has 33 heavy (non-hydrogen) atoms. The molecule has 1 unspecified atom stereocenters. The molecule has 0 radical (unpaired) electrons. The van der Waals surface area contributed by atoms with Crippen LogP contribution in [0.3, 0.4) is 0 Å². The molecule has 7 nitrogen and oxygen atoms in total. The van der Waals surface area contributed by atoms with E-state index in [9.17, 15) is 0 Å². The smallest absolute Gasteiger partial charge is 0.156 e. The van der Waals surface area contributed by atoms with Gasteiger partial charge in [0, 0.05) is 45.4 Å². The third-order valence-electron chi connectivity index (χ3n) is 6.27. The van der Waals surface area contributed by atoms with Crippen LogP contribution in [0.1, 0.15) is 31.2 Å².